The lowest BCUT2D eigenvalue weighted by molar-refractivity contribution is -0.125. The molecule has 0 unspecified atom stereocenters. The molecule has 0 aromatic heterocycles. The highest BCUT2D eigenvalue weighted by atomic mass is 16.5. The van der Waals surface area contributed by atoms with E-state index in [9.17, 15) is 9.59 Å². The highest BCUT2D eigenvalue weighted by molar-refractivity contribution is 5.95. The first-order valence-electron chi connectivity index (χ1n) is 10.4. The molecule has 1 aliphatic heterocycles. The van der Waals surface area contributed by atoms with Gasteiger partial charge in [0.1, 0.15) is 11.5 Å². The SMILES string of the molecule is COc1ccc([C@@H]2CN(C(=O)c3ccc(C)cc3)C[C@@H]2C(=O)NC2CC2)c(OC)c1. The summed E-state index contributed by atoms with van der Waals surface area (Å²) in [6.45, 7) is 2.86. The van der Waals surface area contributed by atoms with Gasteiger partial charge in [0, 0.05) is 42.2 Å². The number of likely N-dealkylation sites (tertiary alicyclic amines) is 1. The number of hydrogen-bond acceptors (Lipinski definition) is 4. The molecule has 2 aromatic carbocycles. The van der Waals surface area contributed by atoms with Crippen molar-refractivity contribution >= 4 is 11.8 Å². The summed E-state index contributed by atoms with van der Waals surface area (Å²) in [5, 5.41) is 3.12. The standard InChI is InChI=1S/C24H28N2O4/c1-15-4-6-16(7-5-15)24(28)26-13-20(21(14-26)23(27)25-17-8-9-17)19-11-10-18(29-2)12-22(19)30-3/h4-7,10-12,17,20-21H,8-9,13-14H2,1-3H3,(H,25,27)/t20-,21-/m0/s1. The second-order valence-electron chi connectivity index (χ2n) is 8.18. The number of ether oxygens (including phenoxy) is 2. The van der Waals surface area contributed by atoms with Crippen molar-refractivity contribution in [3.63, 3.8) is 0 Å². The Balaban J connectivity index is 1.63. The zero-order valence-electron chi connectivity index (χ0n) is 17.7. The Labute approximate surface area is 177 Å². The van der Waals surface area contributed by atoms with Crippen LogP contribution in [0.1, 0.15) is 40.2 Å². The zero-order chi connectivity index (χ0) is 21.3. The number of benzene rings is 2. The van der Waals surface area contributed by atoms with Crippen LogP contribution in [-0.4, -0.2) is 50.1 Å². The number of carbonyl (C=O) groups is 2. The Morgan fingerprint density at radius 2 is 1.73 bits per heavy atom. The molecule has 4 rings (SSSR count). The molecular formula is C24H28N2O4. The number of rotatable bonds is 6. The molecule has 30 heavy (non-hydrogen) atoms. The van der Waals surface area contributed by atoms with Crippen LogP contribution in [0.25, 0.3) is 0 Å². The second kappa shape index (κ2) is 8.38. The van der Waals surface area contributed by atoms with Gasteiger partial charge in [0.05, 0.1) is 20.1 Å². The summed E-state index contributed by atoms with van der Waals surface area (Å²) >= 11 is 0. The molecule has 2 aliphatic rings. The fraction of sp³-hybridized carbons (Fsp3) is 0.417. The van der Waals surface area contributed by atoms with E-state index in [1.54, 1.807) is 19.1 Å². The van der Waals surface area contributed by atoms with E-state index in [4.69, 9.17) is 9.47 Å². The van der Waals surface area contributed by atoms with E-state index in [0.29, 0.717) is 30.2 Å². The number of carbonyl (C=O) groups excluding carboxylic acids is 2. The fourth-order valence-corrected chi connectivity index (χ4v) is 4.09. The molecule has 0 radical (unpaired) electrons. The van der Waals surface area contributed by atoms with Crippen molar-refractivity contribution in [1.82, 2.24) is 10.2 Å². The van der Waals surface area contributed by atoms with E-state index in [1.165, 1.54) is 0 Å². The van der Waals surface area contributed by atoms with Crippen molar-refractivity contribution in [3.05, 3.63) is 59.2 Å². The molecular weight excluding hydrogens is 380 g/mol. The summed E-state index contributed by atoms with van der Waals surface area (Å²) in [4.78, 5) is 28.0. The van der Waals surface area contributed by atoms with Crippen LogP contribution in [-0.2, 0) is 4.79 Å². The first kappa shape index (κ1) is 20.3. The third kappa shape index (κ3) is 4.13. The van der Waals surface area contributed by atoms with Crippen molar-refractivity contribution < 1.29 is 19.1 Å². The van der Waals surface area contributed by atoms with Crippen molar-refractivity contribution in [1.29, 1.82) is 0 Å². The molecule has 0 spiro atoms. The van der Waals surface area contributed by atoms with Crippen molar-refractivity contribution in [2.24, 2.45) is 5.92 Å². The molecule has 2 amide bonds. The lowest BCUT2D eigenvalue weighted by atomic mass is 9.87. The van der Waals surface area contributed by atoms with Crippen LogP contribution in [0.15, 0.2) is 42.5 Å². The molecule has 6 heteroatoms. The molecule has 2 atom stereocenters. The van der Waals surface area contributed by atoms with E-state index in [0.717, 1.165) is 24.0 Å². The van der Waals surface area contributed by atoms with Crippen LogP contribution in [0.5, 0.6) is 11.5 Å². The predicted octanol–water partition coefficient (Wildman–Crippen LogP) is 3.15. The van der Waals surface area contributed by atoms with Crippen LogP contribution in [0, 0.1) is 12.8 Å². The van der Waals surface area contributed by atoms with Crippen molar-refractivity contribution in [2.45, 2.75) is 31.7 Å². The zero-order valence-corrected chi connectivity index (χ0v) is 17.7. The maximum Gasteiger partial charge on any atom is 0.253 e. The van der Waals surface area contributed by atoms with Gasteiger partial charge in [-0.05, 0) is 38.0 Å². The molecule has 0 bridgehead atoms. The lowest BCUT2D eigenvalue weighted by Crippen LogP contribution is -2.36. The lowest BCUT2D eigenvalue weighted by Gasteiger charge is -2.21. The number of amides is 2. The monoisotopic (exact) mass is 408 g/mol. The number of aryl methyl sites for hydroxylation is 1. The molecule has 1 heterocycles. The quantitative estimate of drug-likeness (QED) is 0.797. The largest absolute Gasteiger partial charge is 0.497 e. The number of methoxy groups -OCH3 is 2. The molecule has 1 N–H and O–H groups in total. The second-order valence-corrected chi connectivity index (χ2v) is 8.18. The Morgan fingerprint density at radius 1 is 1.00 bits per heavy atom. The average molecular weight is 408 g/mol. The Kier molecular flexibility index (Phi) is 5.66. The summed E-state index contributed by atoms with van der Waals surface area (Å²) in [6, 6.07) is 13.5. The highest BCUT2D eigenvalue weighted by Crippen LogP contribution is 2.40. The van der Waals surface area contributed by atoms with E-state index < -0.39 is 0 Å². The first-order valence-corrected chi connectivity index (χ1v) is 10.4. The third-order valence-electron chi connectivity index (χ3n) is 6.01. The fourth-order valence-electron chi connectivity index (χ4n) is 4.09. The summed E-state index contributed by atoms with van der Waals surface area (Å²) in [5.41, 5.74) is 2.67. The number of hydrogen-bond donors (Lipinski definition) is 1. The van der Waals surface area contributed by atoms with Crippen LogP contribution >= 0.6 is 0 Å². The van der Waals surface area contributed by atoms with Gasteiger partial charge >= 0.3 is 0 Å². The molecule has 1 aliphatic carbocycles. The summed E-state index contributed by atoms with van der Waals surface area (Å²) in [6.07, 6.45) is 2.06. The van der Waals surface area contributed by atoms with Gasteiger partial charge in [0.15, 0.2) is 0 Å². The molecule has 1 saturated heterocycles. The van der Waals surface area contributed by atoms with Gasteiger partial charge in [0.25, 0.3) is 5.91 Å². The number of nitrogens with one attached hydrogen (secondary N) is 1. The van der Waals surface area contributed by atoms with Gasteiger partial charge in [-0.3, -0.25) is 9.59 Å². The van der Waals surface area contributed by atoms with Gasteiger partial charge in [-0.1, -0.05) is 23.8 Å². The van der Waals surface area contributed by atoms with E-state index in [2.05, 4.69) is 5.32 Å². The minimum Gasteiger partial charge on any atom is -0.497 e. The van der Waals surface area contributed by atoms with E-state index in [1.807, 2.05) is 49.4 Å². The predicted molar refractivity (Wildman–Crippen MR) is 114 cm³/mol. The van der Waals surface area contributed by atoms with Crippen LogP contribution in [0.4, 0.5) is 0 Å². The first-order chi connectivity index (χ1) is 14.5. The van der Waals surface area contributed by atoms with Gasteiger partial charge < -0.3 is 19.7 Å². The summed E-state index contributed by atoms with van der Waals surface area (Å²) in [5.74, 6) is 0.878. The van der Waals surface area contributed by atoms with Gasteiger partial charge in [0.2, 0.25) is 5.91 Å². The topological polar surface area (TPSA) is 67.9 Å². The van der Waals surface area contributed by atoms with Crippen LogP contribution in [0.3, 0.4) is 0 Å². The minimum absolute atomic E-state index is 0.0135. The van der Waals surface area contributed by atoms with Crippen LogP contribution in [0.2, 0.25) is 0 Å². The maximum absolute atomic E-state index is 13.1. The Bertz CT molecular complexity index is 937. The van der Waals surface area contributed by atoms with Crippen molar-refractivity contribution in [3.8, 4) is 11.5 Å². The van der Waals surface area contributed by atoms with Crippen LogP contribution < -0.4 is 14.8 Å². The van der Waals surface area contributed by atoms with Crippen molar-refractivity contribution in [2.75, 3.05) is 27.3 Å². The normalized spacial score (nSPS) is 20.7. The molecule has 2 aromatic rings. The van der Waals surface area contributed by atoms with Gasteiger partial charge in [-0.15, -0.1) is 0 Å². The summed E-state index contributed by atoms with van der Waals surface area (Å²) in [7, 11) is 3.22. The van der Waals surface area contributed by atoms with Gasteiger partial charge in [-0.2, -0.15) is 0 Å². The highest BCUT2D eigenvalue weighted by Gasteiger charge is 2.43. The van der Waals surface area contributed by atoms with Gasteiger partial charge in [-0.25, -0.2) is 0 Å². The Morgan fingerprint density at radius 3 is 2.37 bits per heavy atom. The Hall–Kier alpha value is -3.02. The smallest absolute Gasteiger partial charge is 0.253 e. The maximum atomic E-state index is 13.1. The number of nitrogens with zero attached hydrogens (tertiary/aromatic N) is 1. The van der Waals surface area contributed by atoms with E-state index >= 15 is 0 Å². The average Bonchev–Trinajstić information content (AvgIpc) is 3.47. The minimum atomic E-state index is -0.317. The summed E-state index contributed by atoms with van der Waals surface area (Å²) < 4.78 is 10.9. The molecule has 6 nitrogen and oxygen atoms in total. The van der Waals surface area contributed by atoms with E-state index in [-0.39, 0.29) is 29.7 Å². The molecule has 2 fully saturated rings. The molecule has 158 valence electrons. The third-order valence-corrected chi connectivity index (χ3v) is 6.01. The molecule has 1 saturated carbocycles.